The van der Waals surface area contributed by atoms with Gasteiger partial charge in [0.1, 0.15) is 34.1 Å². The highest BCUT2D eigenvalue weighted by atomic mass is 35.5. The van der Waals surface area contributed by atoms with Gasteiger partial charge in [-0.3, -0.25) is 24.2 Å². The average Bonchev–Trinajstić information content (AvgIpc) is 1.66. The Bertz CT molecular complexity index is 5790. The molecule has 0 aliphatic carbocycles. The van der Waals surface area contributed by atoms with Crippen LogP contribution in [0.1, 0.15) is 252 Å². The Morgan fingerprint density at radius 1 is 0.416 bits per heavy atom. The number of aromatic nitrogens is 14. The fourth-order valence-electron chi connectivity index (χ4n) is 19.5. The first kappa shape index (κ1) is 86.3. The SMILES string of the molecule is CCc1ccc(C(=O)N2CCCC[C@H]2c2cc3nc(N4CC[C@H](C)C4)c(C)cn3n2)s1.Cc1cn2nc([C@@H]3CCCCN3C(=O)c3cccc(Cl)n3)cc2nc1N1CC[C@H](C)C1.Cc1cn2nc([C@@H]3CCCCN3C(=O)c3cccc(F)c3F)cc2nc1N1CC[C@H](C)C1.Cc1cn2nc([C@@H]3CCCCN3C(=O)c3cncc(Cl)c3)cc2nc1N1CC[C@H](C)C1. The quantitative estimate of drug-likeness (QED) is 0.0974. The standard InChI is InChI=1S/C24H27F2N5O.C24H31N5OS.2C23H27ClN6O/c1-15-9-11-29(13-15)23-16(2)14-31-21(27-23)12-19(28-31)20-8-3-4-10-30(20)24(32)17-6-5-7-18(25)22(17)26;1-4-18-8-9-21(31-18)24(30)28-11-6-5-7-20(28)19-13-22-25-23(17(3)15-29(22)26-19)27-12-10-16(2)14-27;1-15-9-11-28(13-15)22-16(2)14-30-21(26-22)12-18(27-30)19-7-3-4-10-29(19)23(31)17-6-5-8-20(24)25-17;1-15-6-8-28(13-15)22-16(2)14-30-21(26-22)10-19(27-30)20-5-3-4-7-29(20)23(31)17-9-18(24)12-25-11-17/h5-7,12,14-15,20H,3-4,8-11,13H2,1-2H3;8-9,13,15-16,20H,4-7,10-12,14H2,1-3H3;5-6,8,12,14-15,19H,3-4,7,9-11,13H2,1-2H3;9-12,14-15,20H,3-8,13H2,1-2H3/t15-,20-;16-,20-;15-,19-;15-,20-/m0000/s1. The molecule has 0 radical (unpaired) electrons. The van der Waals surface area contributed by atoms with Gasteiger partial charge in [-0.1, -0.05) is 70.0 Å². The molecule has 20 rings (SSSR count). The molecule has 8 atom stereocenters. The normalized spacial score (nSPS) is 21.7. The molecule has 19 heterocycles. The van der Waals surface area contributed by atoms with E-state index in [2.05, 4.69) is 116 Å². The number of hydrogen-bond acceptors (Lipinski definition) is 19. The molecule has 26 nitrogen and oxygen atoms in total. The summed E-state index contributed by atoms with van der Waals surface area (Å²) in [7, 11) is 0. The summed E-state index contributed by atoms with van der Waals surface area (Å²) >= 11 is 13.7. The Morgan fingerprint density at radius 3 is 1.15 bits per heavy atom. The molecule has 8 aliphatic rings. The number of aryl methyl sites for hydroxylation is 5. The summed E-state index contributed by atoms with van der Waals surface area (Å²) in [6, 6.07) is 22.3. The van der Waals surface area contributed by atoms with Gasteiger partial charge in [0.05, 0.1) is 68.0 Å². The molecule has 4 amide bonds. The topological polar surface area (TPSA) is 241 Å². The highest BCUT2D eigenvalue weighted by molar-refractivity contribution is 7.14. The highest BCUT2D eigenvalue weighted by Crippen LogP contribution is 2.40. The predicted molar refractivity (Wildman–Crippen MR) is 484 cm³/mol. The molecule has 12 aromatic rings. The van der Waals surface area contributed by atoms with E-state index < -0.39 is 17.5 Å². The molecule has 656 valence electrons. The second-order valence-corrected chi connectivity index (χ2v) is 37.8. The van der Waals surface area contributed by atoms with Gasteiger partial charge < -0.3 is 39.2 Å². The first-order valence-corrected chi connectivity index (χ1v) is 46.5. The summed E-state index contributed by atoms with van der Waals surface area (Å²) in [5.74, 6) is 4.28. The molecular weight excluding hydrogens is 1640 g/mol. The molecule has 8 fully saturated rings. The number of likely N-dealkylation sites (tertiary alicyclic amines) is 4. The van der Waals surface area contributed by atoms with Crippen molar-refractivity contribution in [2.45, 2.75) is 196 Å². The molecule has 0 N–H and O–H groups in total. The average molecular weight is 1760 g/mol. The zero-order valence-electron chi connectivity index (χ0n) is 73.0. The fraction of sp³-hybridized carbons (Fsp3) is 0.489. The van der Waals surface area contributed by atoms with E-state index in [1.165, 1.54) is 36.3 Å². The zero-order valence-corrected chi connectivity index (χ0v) is 75.3. The van der Waals surface area contributed by atoms with Crippen LogP contribution in [-0.4, -0.2) is 190 Å². The molecule has 0 unspecified atom stereocenters. The molecule has 0 saturated carbocycles. The van der Waals surface area contributed by atoms with Crippen LogP contribution in [-0.2, 0) is 6.42 Å². The van der Waals surface area contributed by atoms with Crippen molar-refractivity contribution in [3.05, 3.63) is 209 Å². The maximum atomic E-state index is 14.3. The fourth-order valence-corrected chi connectivity index (χ4v) is 20.7. The molecule has 1 aromatic carbocycles. The van der Waals surface area contributed by atoms with Gasteiger partial charge in [-0.05, 0) is 203 Å². The van der Waals surface area contributed by atoms with Gasteiger partial charge in [0.2, 0.25) is 0 Å². The lowest BCUT2D eigenvalue weighted by Crippen LogP contribution is -2.39. The largest absolute Gasteiger partial charge is 0.356 e. The molecule has 125 heavy (non-hydrogen) atoms. The van der Waals surface area contributed by atoms with Crippen LogP contribution >= 0.6 is 34.5 Å². The lowest BCUT2D eigenvalue weighted by Gasteiger charge is -2.34. The van der Waals surface area contributed by atoms with E-state index in [1.54, 1.807) is 57.4 Å². The second kappa shape index (κ2) is 37.4. The first-order valence-electron chi connectivity index (χ1n) is 44.9. The van der Waals surface area contributed by atoms with Gasteiger partial charge in [-0.2, -0.15) is 20.4 Å². The van der Waals surface area contributed by atoms with Crippen molar-refractivity contribution in [2.75, 3.05) is 98.1 Å². The second-order valence-electron chi connectivity index (χ2n) is 35.8. The Labute approximate surface area is 742 Å². The van der Waals surface area contributed by atoms with Crippen LogP contribution in [0.2, 0.25) is 10.2 Å². The summed E-state index contributed by atoms with van der Waals surface area (Å²) < 4.78 is 35.4. The smallest absolute Gasteiger partial charge is 0.273 e. The third-order valence-corrected chi connectivity index (χ3v) is 27.7. The van der Waals surface area contributed by atoms with Crippen LogP contribution in [0.15, 0.2) is 116 Å². The van der Waals surface area contributed by atoms with E-state index in [1.807, 2.05) is 65.6 Å². The van der Waals surface area contributed by atoms with Crippen molar-refractivity contribution in [1.29, 1.82) is 0 Å². The van der Waals surface area contributed by atoms with Crippen molar-refractivity contribution in [3.8, 4) is 0 Å². The number of anilines is 4. The summed E-state index contributed by atoms with van der Waals surface area (Å²) in [5.41, 5.74) is 11.8. The number of carbonyl (C=O) groups excluding carboxylic acids is 4. The van der Waals surface area contributed by atoms with E-state index in [9.17, 15) is 28.0 Å². The maximum Gasteiger partial charge on any atom is 0.273 e. The number of fused-ring (bicyclic) bond motifs is 4. The summed E-state index contributed by atoms with van der Waals surface area (Å²) in [4.78, 5) is 100.0. The minimum atomic E-state index is -1.10. The van der Waals surface area contributed by atoms with E-state index in [-0.39, 0.29) is 47.5 Å². The number of benzene rings is 1. The number of pyridine rings is 2. The van der Waals surface area contributed by atoms with Gasteiger partial charge in [0.25, 0.3) is 23.6 Å². The van der Waals surface area contributed by atoms with Crippen LogP contribution in [0, 0.1) is 63.0 Å². The van der Waals surface area contributed by atoms with E-state index >= 15 is 0 Å². The van der Waals surface area contributed by atoms with Crippen molar-refractivity contribution in [2.24, 2.45) is 23.7 Å². The van der Waals surface area contributed by atoms with Crippen LogP contribution in [0.25, 0.3) is 22.6 Å². The number of piperidine rings is 4. The zero-order chi connectivity index (χ0) is 87.0. The molecule has 0 spiro atoms. The number of amides is 4. The minimum Gasteiger partial charge on any atom is -0.356 e. The van der Waals surface area contributed by atoms with Gasteiger partial charge in [0, 0.05) is 167 Å². The number of hydrogen-bond donors (Lipinski definition) is 0. The Kier molecular flexibility index (Phi) is 25.8. The number of rotatable bonds is 13. The Hall–Kier alpha value is -10.8. The third kappa shape index (κ3) is 18.6. The Morgan fingerprint density at radius 2 is 0.792 bits per heavy atom. The summed E-state index contributed by atoms with van der Waals surface area (Å²) in [6.45, 7) is 30.6. The minimum absolute atomic E-state index is 0.0192. The van der Waals surface area contributed by atoms with Crippen molar-refractivity contribution < 1.29 is 28.0 Å². The lowest BCUT2D eigenvalue weighted by atomic mass is 9.98. The number of halogens is 4. The molecule has 11 aromatic heterocycles. The lowest BCUT2D eigenvalue weighted by molar-refractivity contribution is 0.0593. The van der Waals surface area contributed by atoms with Crippen molar-refractivity contribution >= 4 is 104 Å². The van der Waals surface area contributed by atoms with Gasteiger partial charge in [-0.15, -0.1) is 11.3 Å². The first-order chi connectivity index (χ1) is 60.4. The maximum absolute atomic E-state index is 14.3. The van der Waals surface area contributed by atoms with Crippen molar-refractivity contribution in [1.82, 2.24) is 88.0 Å². The summed E-state index contributed by atoms with van der Waals surface area (Å²) in [6.07, 6.45) is 28.5. The van der Waals surface area contributed by atoms with Crippen molar-refractivity contribution in [3.63, 3.8) is 0 Å². The monoisotopic (exact) mass is 1750 g/mol. The van der Waals surface area contributed by atoms with Crippen LogP contribution < -0.4 is 19.6 Å². The third-order valence-electron chi connectivity index (χ3n) is 26.1. The predicted octanol–water partition coefficient (Wildman–Crippen LogP) is 18.0. The van der Waals surface area contributed by atoms with Gasteiger partial charge >= 0.3 is 0 Å². The summed E-state index contributed by atoms with van der Waals surface area (Å²) in [5, 5.41) is 20.0. The van der Waals surface area contributed by atoms with E-state index in [0.29, 0.717) is 64.7 Å². The number of nitrogens with zero attached hydrogens (tertiary/aromatic N) is 22. The molecule has 8 saturated heterocycles. The van der Waals surface area contributed by atoms with E-state index in [0.717, 1.165) is 251 Å². The highest BCUT2D eigenvalue weighted by Gasteiger charge is 2.38. The van der Waals surface area contributed by atoms with E-state index in [4.69, 9.17) is 63.5 Å². The Balaban J connectivity index is 0.000000118. The molecule has 0 bridgehead atoms. The number of thiophene rings is 1. The molecular formula is C94H112Cl2F2N22O4S. The van der Waals surface area contributed by atoms with Crippen LogP contribution in [0.5, 0.6) is 0 Å². The van der Waals surface area contributed by atoms with Crippen LogP contribution in [0.4, 0.5) is 32.1 Å². The van der Waals surface area contributed by atoms with Gasteiger partial charge in [0.15, 0.2) is 34.2 Å². The molecule has 8 aliphatic heterocycles. The van der Waals surface area contributed by atoms with Gasteiger partial charge in [-0.25, -0.2) is 51.8 Å². The number of carbonyl (C=O) groups is 4. The van der Waals surface area contributed by atoms with Crippen LogP contribution in [0.3, 0.4) is 0 Å². The molecule has 31 heteroatoms.